The quantitative estimate of drug-likeness (QED) is 0.370. The Morgan fingerprint density at radius 2 is 2.00 bits per heavy atom. The number of nitrogens with one attached hydrogen (secondary N) is 2. The predicted molar refractivity (Wildman–Crippen MR) is 117 cm³/mol. The lowest BCUT2D eigenvalue weighted by Crippen LogP contribution is -2.46. The minimum atomic E-state index is -1.04. The van der Waals surface area contributed by atoms with Gasteiger partial charge in [0.25, 0.3) is 5.91 Å². The van der Waals surface area contributed by atoms with E-state index in [1.165, 1.54) is 0 Å². The van der Waals surface area contributed by atoms with Gasteiger partial charge in [-0.3, -0.25) is 14.5 Å². The molecule has 7 heteroatoms. The molecule has 0 saturated carbocycles. The van der Waals surface area contributed by atoms with Gasteiger partial charge in [-0.1, -0.05) is 50.6 Å². The Labute approximate surface area is 178 Å². The van der Waals surface area contributed by atoms with Crippen molar-refractivity contribution in [3.63, 3.8) is 0 Å². The predicted octanol–water partition coefficient (Wildman–Crippen LogP) is 3.23. The second kappa shape index (κ2) is 11.7. The van der Waals surface area contributed by atoms with Crippen molar-refractivity contribution < 1.29 is 19.1 Å². The van der Waals surface area contributed by atoms with E-state index in [1.807, 2.05) is 13.0 Å². The third-order valence-corrected chi connectivity index (χ3v) is 3.99. The van der Waals surface area contributed by atoms with Crippen LogP contribution in [0.15, 0.2) is 30.8 Å². The summed E-state index contributed by atoms with van der Waals surface area (Å²) in [6.45, 7) is 10.9. The molecule has 0 spiro atoms. The van der Waals surface area contributed by atoms with Crippen molar-refractivity contribution in [1.82, 2.24) is 15.5 Å². The van der Waals surface area contributed by atoms with E-state index in [1.54, 1.807) is 45.0 Å². The summed E-state index contributed by atoms with van der Waals surface area (Å²) in [5.41, 5.74) is 0.631. The van der Waals surface area contributed by atoms with Crippen LogP contribution in [0.2, 0.25) is 0 Å². The highest BCUT2D eigenvalue weighted by atomic mass is 16.6. The van der Waals surface area contributed by atoms with Gasteiger partial charge >= 0.3 is 6.09 Å². The van der Waals surface area contributed by atoms with Gasteiger partial charge in [0, 0.05) is 12.6 Å². The molecule has 0 aromatic heterocycles. The number of unbranched alkanes of at least 4 members (excludes halogenated alkanes) is 1. The standard InChI is InChI=1S/C23H31N3O4/c1-7-10-14-24-21(28)20(18-13-11-12-17(8-2)15-18)26(9-3)19(27)16-25-22(29)30-23(4,5)6/h3,8,11-13,15,20H,2,7,10,14,16H2,1,4-6H3,(H,24,28)(H,25,29). The van der Waals surface area contributed by atoms with Crippen molar-refractivity contribution in [3.8, 4) is 12.5 Å². The summed E-state index contributed by atoms with van der Waals surface area (Å²) in [5, 5.41) is 5.20. The lowest BCUT2D eigenvalue weighted by molar-refractivity contribution is -0.136. The number of hydrogen-bond acceptors (Lipinski definition) is 4. The Kier molecular flexibility index (Phi) is 9.63. The first kappa shape index (κ1) is 24.8. The zero-order valence-corrected chi connectivity index (χ0v) is 18.2. The van der Waals surface area contributed by atoms with Crippen LogP contribution in [-0.4, -0.2) is 41.5 Å². The lowest BCUT2D eigenvalue weighted by Gasteiger charge is -2.27. The molecule has 0 bridgehead atoms. The number of amides is 3. The number of rotatable bonds is 9. The van der Waals surface area contributed by atoms with Crippen LogP contribution in [0.3, 0.4) is 0 Å². The summed E-state index contributed by atoms with van der Waals surface area (Å²) in [6, 6.07) is 8.30. The van der Waals surface area contributed by atoms with E-state index in [9.17, 15) is 14.4 Å². The first-order valence-electron chi connectivity index (χ1n) is 9.88. The van der Waals surface area contributed by atoms with E-state index < -0.39 is 36.1 Å². The van der Waals surface area contributed by atoms with Crippen LogP contribution in [0.4, 0.5) is 4.79 Å². The fraction of sp³-hybridized carbons (Fsp3) is 0.435. The largest absolute Gasteiger partial charge is 0.444 e. The van der Waals surface area contributed by atoms with Gasteiger partial charge in [-0.25, -0.2) is 4.79 Å². The Morgan fingerprint density at radius 3 is 2.57 bits per heavy atom. The molecule has 30 heavy (non-hydrogen) atoms. The van der Waals surface area contributed by atoms with Crippen molar-refractivity contribution in [1.29, 1.82) is 0 Å². The number of terminal acetylenes is 1. The molecule has 162 valence electrons. The molecule has 0 aliphatic heterocycles. The molecular formula is C23H31N3O4. The molecule has 2 N–H and O–H groups in total. The molecule has 1 aromatic carbocycles. The number of ether oxygens (including phenoxy) is 1. The molecule has 0 aliphatic carbocycles. The van der Waals surface area contributed by atoms with Gasteiger partial charge in [0.1, 0.15) is 18.2 Å². The third kappa shape index (κ3) is 8.00. The summed E-state index contributed by atoms with van der Waals surface area (Å²) < 4.78 is 5.13. The molecule has 1 unspecified atom stereocenters. The number of carbonyl (C=O) groups excluding carboxylic acids is 3. The van der Waals surface area contributed by atoms with Gasteiger partial charge in [-0.05, 0) is 44.4 Å². The van der Waals surface area contributed by atoms with E-state index in [0.29, 0.717) is 12.1 Å². The highest BCUT2D eigenvalue weighted by Crippen LogP contribution is 2.22. The van der Waals surface area contributed by atoms with E-state index in [-0.39, 0.29) is 0 Å². The molecule has 1 aromatic rings. The average molecular weight is 414 g/mol. The van der Waals surface area contributed by atoms with Crippen molar-refractivity contribution in [3.05, 3.63) is 42.0 Å². The number of alkyl carbamates (subject to hydrolysis) is 1. The summed E-state index contributed by atoms with van der Waals surface area (Å²) in [5.74, 6) is -1.00. The second-order valence-corrected chi connectivity index (χ2v) is 7.67. The zero-order valence-electron chi connectivity index (χ0n) is 18.2. The van der Waals surface area contributed by atoms with Gasteiger partial charge in [-0.2, -0.15) is 0 Å². The van der Waals surface area contributed by atoms with E-state index in [2.05, 4.69) is 23.3 Å². The molecule has 7 nitrogen and oxygen atoms in total. The molecular weight excluding hydrogens is 382 g/mol. The maximum Gasteiger partial charge on any atom is 0.408 e. The molecule has 1 rings (SSSR count). The molecule has 0 heterocycles. The first-order valence-corrected chi connectivity index (χ1v) is 9.88. The monoisotopic (exact) mass is 413 g/mol. The van der Waals surface area contributed by atoms with Crippen LogP contribution in [0.25, 0.3) is 6.08 Å². The Hall–Kier alpha value is -3.27. The minimum absolute atomic E-state index is 0.395. The van der Waals surface area contributed by atoms with Crippen molar-refractivity contribution in [2.45, 2.75) is 52.2 Å². The van der Waals surface area contributed by atoms with Gasteiger partial charge in [-0.15, -0.1) is 0 Å². The van der Waals surface area contributed by atoms with Crippen LogP contribution in [0.5, 0.6) is 0 Å². The van der Waals surface area contributed by atoms with Crippen molar-refractivity contribution in [2.24, 2.45) is 0 Å². The first-order chi connectivity index (χ1) is 14.1. The van der Waals surface area contributed by atoms with E-state index in [0.717, 1.165) is 23.3 Å². The number of benzene rings is 1. The maximum absolute atomic E-state index is 12.9. The SMILES string of the molecule is C#CN(C(=O)CNC(=O)OC(C)(C)C)C(C(=O)NCCCC)c1cccc(C=C)c1. The molecule has 3 amide bonds. The fourth-order valence-corrected chi connectivity index (χ4v) is 2.60. The Bertz CT molecular complexity index is 805. The Balaban J connectivity index is 3.07. The number of carbonyl (C=O) groups is 3. The maximum atomic E-state index is 12.9. The van der Waals surface area contributed by atoms with Crippen LogP contribution >= 0.6 is 0 Å². The molecule has 0 aliphatic rings. The smallest absolute Gasteiger partial charge is 0.408 e. The molecule has 1 atom stereocenters. The van der Waals surface area contributed by atoms with E-state index >= 15 is 0 Å². The number of nitrogens with zero attached hydrogens (tertiary/aromatic N) is 1. The summed E-state index contributed by atoms with van der Waals surface area (Å²) >= 11 is 0. The van der Waals surface area contributed by atoms with E-state index in [4.69, 9.17) is 11.2 Å². The van der Waals surface area contributed by atoms with Gasteiger partial charge in [0.15, 0.2) is 0 Å². The molecule has 0 radical (unpaired) electrons. The highest BCUT2D eigenvalue weighted by molar-refractivity contribution is 5.91. The van der Waals surface area contributed by atoms with Crippen LogP contribution in [0.1, 0.15) is 57.7 Å². The van der Waals surface area contributed by atoms with Gasteiger partial charge in [0.2, 0.25) is 5.91 Å². The topological polar surface area (TPSA) is 87.7 Å². The highest BCUT2D eigenvalue weighted by Gasteiger charge is 2.31. The summed E-state index contributed by atoms with van der Waals surface area (Å²) in [7, 11) is 0. The summed E-state index contributed by atoms with van der Waals surface area (Å²) in [6.07, 6.45) is 8.20. The van der Waals surface area contributed by atoms with Crippen molar-refractivity contribution in [2.75, 3.05) is 13.1 Å². The Morgan fingerprint density at radius 1 is 1.30 bits per heavy atom. The van der Waals surface area contributed by atoms with Gasteiger partial charge in [0.05, 0.1) is 0 Å². The van der Waals surface area contributed by atoms with Gasteiger partial charge < -0.3 is 15.4 Å². The minimum Gasteiger partial charge on any atom is -0.444 e. The van der Waals surface area contributed by atoms with Crippen LogP contribution in [-0.2, 0) is 14.3 Å². The van der Waals surface area contributed by atoms with Crippen molar-refractivity contribution >= 4 is 24.0 Å². The molecule has 0 saturated heterocycles. The lowest BCUT2D eigenvalue weighted by atomic mass is 10.0. The number of hydrogen-bond donors (Lipinski definition) is 2. The van der Waals surface area contributed by atoms with Crippen LogP contribution < -0.4 is 10.6 Å². The second-order valence-electron chi connectivity index (χ2n) is 7.67. The molecule has 0 fully saturated rings. The third-order valence-electron chi connectivity index (χ3n) is 3.99. The zero-order chi connectivity index (χ0) is 22.7. The fourth-order valence-electron chi connectivity index (χ4n) is 2.60. The van der Waals surface area contributed by atoms with Crippen LogP contribution in [0, 0.1) is 12.5 Å². The summed E-state index contributed by atoms with van der Waals surface area (Å²) in [4.78, 5) is 38.5. The average Bonchev–Trinajstić information content (AvgIpc) is 2.68. The normalized spacial score (nSPS) is 11.6.